The van der Waals surface area contributed by atoms with Gasteiger partial charge in [-0.05, 0) is 42.0 Å². The highest BCUT2D eigenvalue weighted by atomic mass is 19.1. The molecule has 1 aliphatic rings. The summed E-state index contributed by atoms with van der Waals surface area (Å²) >= 11 is 0. The Morgan fingerprint density at radius 2 is 1.79 bits per heavy atom. The number of ketones is 1. The minimum Gasteiger partial charge on any atom is -0.341 e. The van der Waals surface area contributed by atoms with Crippen molar-refractivity contribution < 1.29 is 18.8 Å². The molecule has 2 unspecified atom stereocenters. The number of nitrogens with zero attached hydrogens (tertiary/aromatic N) is 1. The van der Waals surface area contributed by atoms with Crippen LogP contribution in [0.1, 0.15) is 56.7 Å². The molecule has 2 amide bonds. The van der Waals surface area contributed by atoms with Crippen LogP contribution in [0.15, 0.2) is 42.5 Å². The number of amides is 2. The molecule has 1 saturated heterocycles. The van der Waals surface area contributed by atoms with E-state index >= 15 is 4.39 Å². The van der Waals surface area contributed by atoms with Crippen molar-refractivity contribution in [3.63, 3.8) is 0 Å². The Morgan fingerprint density at radius 1 is 1.12 bits per heavy atom. The lowest BCUT2D eigenvalue weighted by atomic mass is 9.87. The van der Waals surface area contributed by atoms with Gasteiger partial charge >= 0.3 is 0 Å². The third-order valence-electron chi connectivity index (χ3n) is 6.12. The van der Waals surface area contributed by atoms with Gasteiger partial charge in [0.05, 0.1) is 12.6 Å². The lowest BCUT2D eigenvalue weighted by molar-refractivity contribution is -0.134. The molecule has 0 aliphatic carbocycles. The van der Waals surface area contributed by atoms with Gasteiger partial charge in [-0.2, -0.15) is 0 Å². The minimum absolute atomic E-state index is 0.0585. The van der Waals surface area contributed by atoms with Gasteiger partial charge in [-0.25, -0.2) is 4.39 Å². The molecule has 0 bridgehead atoms. The number of Topliss-reactive ketones (excluding diaryl/α,β-unsaturated/α-hetero) is 1. The van der Waals surface area contributed by atoms with Gasteiger partial charge in [0.2, 0.25) is 11.8 Å². The quantitative estimate of drug-likeness (QED) is 0.641. The van der Waals surface area contributed by atoms with E-state index in [1.807, 2.05) is 32.0 Å². The van der Waals surface area contributed by atoms with E-state index in [-0.39, 0.29) is 30.1 Å². The molecule has 33 heavy (non-hydrogen) atoms. The zero-order valence-electron chi connectivity index (χ0n) is 19.7. The fourth-order valence-electron chi connectivity index (χ4n) is 4.11. The predicted molar refractivity (Wildman–Crippen MR) is 126 cm³/mol. The van der Waals surface area contributed by atoms with Crippen molar-refractivity contribution in [3.05, 3.63) is 59.4 Å². The van der Waals surface area contributed by atoms with E-state index < -0.39 is 17.9 Å². The molecule has 6 nitrogen and oxygen atoms in total. The number of benzene rings is 2. The average Bonchev–Trinajstić information content (AvgIpc) is 3.32. The third kappa shape index (κ3) is 5.66. The second-order valence-corrected chi connectivity index (χ2v) is 8.89. The molecule has 1 heterocycles. The van der Waals surface area contributed by atoms with E-state index in [0.717, 1.165) is 13.0 Å². The van der Waals surface area contributed by atoms with Crippen molar-refractivity contribution in [1.82, 2.24) is 15.5 Å². The number of halogens is 1. The van der Waals surface area contributed by atoms with Crippen molar-refractivity contribution >= 4 is 17.6 Å². The normalized spacial score (nSPS) is 16.5. The Labute approximate surface area is 194 Å². The first kappa shape index (κ1) is 24.6. The Hall–Kier alpha value is -3.06. The molecule has 176 valence electrons. The Morgan fingerprint density at radius 3 is 2.36 bits per heavy atom. The summed E-state index contributed by atoms with van der Waals surface area (Å²) in [5.41, 5.74) is 1.84. The smallest absolute Gasteiger partial charge is 0.237 e. The molecule has 0 saturated carbocycles. The SMILES string of the molecule is CC(=O)N(C)CC(=O)C(NC(=O)C1CCCN1)c1ccc(C(C)C)c(F)c1-c1ccccc1. The third-order valence-corrected chi connectivity index (χ3v) is 6.12. The number of rotatable bonds is 8. The molecule has 0 spiro atoms. The summed E-state index contributed by atoms with van der Waals surface area (Å²) in [4.78, 5) is 39.4. The van der Waals surface area contributed by atoms with Crippen molar-refractivity contribution in [2.75, 3.05) is 20.1 Å². The van der Waals surface area contributed by atoms with Crippen LogP contribution in [0, 0.1) is 5.82 Å². The topological polar surface area (TPSA) is 78.5 Å². The highest BCUT2D eigenvalue weighted by Crippen LogP contribution is 2.35. The van der Waals surface area contributed by atoms with Crippen molar-refractivity contribution in [3.8, 4) is 11.1 Å². The van der Waals surface area contributed by atoms with E-state index in [1.165, 1.54) is 18.9 Å². The number of hydrogen-bond donors (Lipinski definition) is 2. The van der Waals surface area contributed by atoms with Gasteiger partial charge in [-0.15, -0.1) is 0 Å². The second-order valence-electron chi connectivity index (χ2n) is 8.89. The average molecular weight is 454 g/mol. The second kappa shape index (κ2) is 10.7. The minimum atomic E-state index is -1.09. The maximum absolute atomic E-state index is 15.8. The van der Waals surface area contributed by atoms with E-state index in [4.69, 9.17) is 0 Å². The summed E-state index contributed by atoms with van der Waals surface area (Å²) in [6, 6.07) is 10.9. The lowest BCUT2D eigenvalue weighted by Gasteiger charge is -2.26. The van der Waals surface area contributed by atoms with E-state index in [2.05, 4.69) is 10.6 Å². The first-order valence-corrected chi connectivity index (χ1v) is 11.4. The lowest BCUT2D eigenvalue weighted by Crippen LogP contribution is -2.46. The van der Waals surface area contributed by atoms with Crippen molar-refractivity contribution in [2.24, 2.45) is 0 Å². The van der Waals surface area contributed by atoms with Gasteiger partial charge in [0.25, 0.3) is 0 Å². The van der Waals surface area contributed by atoms with Crippen LogP contribution in [0.4, 0.5) is 4.39 Å². The van der Waals surface area contributed by atoms with E-state index in [0.29, 0.717) is 28.7 Å². The standard InChI is InChI=1S/C26H32FN3O3/c1-16(2)19-12-13-20(23(24(19)27)18-9-6-5-7-10-18)25(22(32)15-30(4)17(3)31)29-26(33)21-11-8-14-28-21/h5-7,9-10,12-13,16,21,25,28H,8,11,14-15H2,1-4H3,(H,29,33). The monoisotopic (exact) mass is 453 g/mol. The predicted octanol–water partition coefficient (Wildman–Crippen LogP) is 3.57. The maximum Gasteiger partial charge on any atom is 0.237 e. The number of hydrogen-bond acceptors (Lipinski definition) is 4. The van der Waals surface area contributed by atoms with Crippen LogP contribution in [0.25, 0.3) is 11.1 Å². The summed E-state index contributed by atoms with van der Waals surface area (Å²) < 4.78 is 15.8. The number of likely N-dealkylation sites (N-methyl/N-ethyl adjacent to an activating group) is 1. The molecular formula is C26H32FN3O3. The molecule has 1 fully saturated rings. The Kier molecular flexibility index (Phi) is 7.97. The summed E-state index contributed by atoms with van der Waals surface area (Å²) in [7, 11) is 1.53. The van der Waals surface area contributed by atoms with Gasteiger partial charge in [0.1, 0.15) is 11.9 Å². The summed E-state index contributed by atoms with van der Waals surface area (Å²) in [6.07, 6.45) is 1.54. The first-order chi connectivity index (χ1) is 15.7. The largest absolute Gasteiger partial charge is 0.341 e. The Balaban J connectivity index is 2.11. The number of carbonyl (C=O) groups excluding carboxylic acids is 3. The molecule has 0 radical (unpaired) electrons. The molecule has 2 atom stereocenters. The van der Waals surface area contributed by atoms with Crippen LogP contribution in [-0.4, -0.2) is 48.7 Å². The van der Waals surface area contributed by atoms with Crippen LogP contribution < -0.4 is 10.6 Å². The van der Waals surface area contributed by atoms with Gasteiger partial charge < -0.3 is 15.5 Å². The van der Waals surface area contributed by atoms with Gasteiger partial charge in [0.15, 0.2) is 5.78 Å². The van der Waals surface area contributed by atoms with E-state index in [9.17, 15) is 14.4 Å². The fraction of sp³-hybridized carbons (Fsp3) is 0.423. The molecule has 0 aromatic heterocycles. The molecule has 2 N–H and O–H groups in total. The fourth-order valence-corrected chi connectivity index (χ4v) is 4.11. The summed E-state index contributed by atoms with van der Waals surface area (Å²) in [6.45, 7) is 5.72. The molecule has 3 rings (SSSR count). The molecule has 7 heteroatoms. The van der Waals surface area contributed by atoms with Crippen molar-refractivity contribution in [1.29, 1.82) is 0 Å². The zero-order valence-corrected chi connectivity index (χ0v) is 19.7. The van der Waals surface area contributed by atoms with Crippen LogP contribution in [0.5, 0.6) is 0 Å². The van der Waals surface area contributed by atoms with Crippen LogP contribution in [0.2, 0.25) is 0 Å². The molecule has 2 aromatic rings. The van der Waals surface area contributed by atoms with Crippen LogP contribution in [0.3, 0.4) is 0 Å². The highest BCUT2D eigenvalue weighted by molar-refractivity contribution is 5.96. The maximum atomic E-state index is 15.8. The molecular weight excluding hydrogens is 421 g/mol. The number of nitrogens with one attached hydrogen (secondary N) is 2. The van der Waals surface area contributed by atoms with E-state index in [1.54, 1.807) is 24.3 Å². The summed E-state index contributed by atoms with van der Waals surface area (Å²) in [5, 5.41) is 5.98. The number of carbonyl (C=O) groups is 3. The summed E-state index contributed by atoms with van der Waals surface area (Å²) in [5.74, 6) is -1.41. The first-order valence-electron chi connectivity index (χ1n) is 11.4. The zero-order chi connectivity index (χ0) is 24.1. The van der Waals surface area contributed by atoms with Crippen LogP contribution >= 0.6 is 0 Å². The van der Waals surface area contributed by atoms with Gasteiger partial charge in [-0.1, -0.05) is 56.3 Å². The molecule has 2 aromatic carbocycles. The highest BCUT2D eigenvalue weighted by Gasteiger charge is 2.32. The van der Waals surface area contributed by atoms with Crippen LogP contribution in [-0.2, 0) is 14.4 Å². The van der Waals surface area contributed by atoms with Crippen molar-refractivity contribution in [2.45, 2.75) is 51.6 Å². The van der Waals surface area contributed by atoms with Gasteiger partial charge in [0, 0.05) is 19.5 Å². The van der Waals surface area contributed by atoms with Gasteiger partial charge in [-0.3, -0.25) is 14.4 Å². The molecule has 1 aliphatic heterocycles. The Bertz CT molecular complexity index is 1020.